The first-order chi connectivity index (χ1) is 12.9. The summed E-state index contributed by atoms with van der Waals surface area (Å²) in [5.74, 6) is -0.717. The number of rotatable bonds is 6. The second-order valence-corrected chi connectivity index (χ2v) is 6.94. The normalized spacial score (nSPS) is 12.3. The highest BCUT2D eigenvalue weighted by molar-refractivity contribution is 7.04. The van der Waals surface area contributed by atoms with Crippen molar-refractivity contribution in [3.8, 4) is 0 Å². The molecule has 0 aliphatic heterocycles. The monoisotopic (exact) mass is 390 g/mol. The van der Waals surface area contributed by atoms with E-state index in [1.54, 1.807) is 5.38 Å². The number of nitrogens with zero attached hydrogens (tertiary/aromatic N) is 3. The Kier molecular flexibility index (Phi) is 5.50. The lowest BCUT2D eigenvalue weighted by Gasteiger charge is -2.14. The third-order valence-corrected chi connectivity index (χ3v) is 4.94. The van der Waals surface area contributed by atoms with Gasteiger partial charge in [0, 0.05) is 11.4 Å². The summed E-state index contributed by atoms with van der Waals surface area (Å²) in [4.78, 5) is 37.9. The van der Waals surface area contributed by atoms with Gasteiger partial charge in [0.25, 0.3) is 5.56 Å². The fourth-order valence-electron chi connectivity index (χ4n) is 2.67. The number of amides is 1. The van der Waals surface area contributed by atoms with E-state index in [0.29, 0.717) is 11.1 Å². The van der Waals surface area contributed by atoms with Crippen LogP contribution < -0.4 is 16.6 Å². The molecule has 0 radical (unpaired) electrons. The van der Waals surface area contributed by atoms with Crippen molar-refractivity contribution in [2.45, 2.75) is 39.4 Å². The van der Waals surface area contributed by atoms with Crippen LogP contribution >= 0.6 is 11.5 Å². The van der Waals surface area contributed by atoms with Gasteiger partial charge in [-0.05, 0) is 42.6 Å². The number of hydrogen-bond donors (Lipinski definition) is 1. The Balaban J connectivity index is 2.04. The number of hydrogen-bond acceptors (Lipinski definition) is 5. The average molecular weight is 390 g/mol. The molecule has 0 saturated heterocycles. The molecule has 9 heteroatoms. The SMILES string of the molecule is CCC(C)NC(=O)Cn1c(=O)n(Cc2ccc(F)cc2)c(=O)c2nscc21. The van der Waals surface area contributed by atoms with Crippen molar-refractivity contribution in [1.29, 1.82) is 0 Å². The summed E-state index contributed by atoms with van der Waals surface area (Å²) < 4.78 is 19.5. The molecule has 0 bridgehead atoms. The molecule has 2 aromatic heterocycles. The van der Waals surface area contributed by atoms with E-state index in [2.05, 4.69) is 9.69 Å². The first-order valence-corrected chi connectivity index (χ1v) is 9.36. The van der Waals surface area contributed by atoms with Gasteiger partial charge in [-0.25, -0.2) is 9.18 Å². The van der Waals surface area contributed by atoms with Gasteiger partial charge in [-0.15, -0.1) is 0 Å². The molecule has 27 heavy (non-hydrogen) atoms. The predicted molar refractivity (Wildman–Crippen MR) is 102 cm³/mol. The number of nitrogens with one attached hydrogen (secondary N) is 1. The second kappa shape index (κ2) is 7.83. The van der Waals surface area contributed by atoms with Crippen LogP contribution in [0.4, 0.5) is 4.39 Å². The van der Waals surface area contributed by atoms with E-state index < -0.39 is 17.1 Å². The van der Waals surface area contributed by atoms with Crippen molar-refractivity contribution in [3.63, 3.8) is 0 Å². The minimum Gasteiger partial charge on any atom is -0.352 e. The Bertz CT molecular complexity index is 1080. The van der Waals surface area contributed by atoms with Gasteiger partial charge in [0.05, 0.1) is 12.1 Å². The van der Waals surface area contributed by atoms with Gasteiger partial charge in [-0.2, -0.15) is 4.37 Å². The highest BCUT2D eigenvalue weighted by Crippen LogP contribution is 2.10. The summed E-state index contributed by atoms with van der Waals surface area (Å²) >= 11 is 1.05. The summed E-state index contributed by atoms with van der Waals surface area (Å²) in [6.07, 6.45) is 0.764. The lowest BCUT2D eigenvalue weighted by atomic mass is 10.2. The fourth-order valence-corrected chi connectivity index (χ4v) is 3.33. The summed E-state index contributed by atoms with van der Waals surface area (Å²) in [6, 6.07) is 5.52. The Morgan fingerprint density at radius 1 is 1.26 bits per heavy atom. The van der Waals surface area contributed by atoms with Gasteiger partial charge in [0.15, 0.2) is 5.52 Å². The highest BCUT2D eigenvalue weighted by Gasteiger charge is 2.18. The van der Waals surface area contributed by atoms with E-state index in [9.17, 15) is 18.8 Å². The molecular weight excluding hydrogens is 371 g/mol. The third kappa shape index (κ3) is 3.97. The van der Waals surface area contributed by atoms with E-state index in [0.717, 1.165) is 22.5 Å². The Morgan fingerprint density at radius 3 is 2.63 bits per heavy atom. The van der Waals surface area contributed by atoms with Crippen molar-refractivity contribution in [2.75, 3.05) is 0 Å². The van der Waals surface area contributed by atoms with E-state index in [-0.39, 0.29) is 30.6 Å². The quantitative estimate of drug-likeness (QED) is 0.694. The van der Waals surface area contributed by atoms with Gasteiger partial charge in [0.2, 0.25) is 5.91 Å². The van der Waals surface area contributed by atoms with Gasteiger partial charge in [0.1, 0.15) is 12.4 Å². The summed E-state index contributed by atoms with van der Waals surface area (Å²) in [5, 5.41) is 4.39. The van der Waals surface area contributed by atoms with Crippen molar-refractivity contribution >= 4 is 28.5 Å². The molecule has 1 amide bonds. The zero-order chi connectivity index (χ0) is 19.6. The maximum absolute atomic E-state index is 13.1. The number of halogens is 1. The molecular formula is C18H19FN4O3S. The smallest absolute Gasteiger partial charge is 0.332 e. The molecule has 2 heterocycles. The zero-order valence-corrected chi connectivity index (χ0v) is 15.8. The van der Waals surface area contributed by atoms with Crippen LogP contribution in [0.2, 0.25) is 0 Å². The molecule has 0 aliphatic carbocycles. The van der Waals surface area contributed by atoms with Gasteiger partial charge in [-0.3, -0.25) is 18.7 Å². The Hall–Kier alpha value is -2.81. The van der Waals surface area contributed by atoms with Crippen molar-refractivity contribution < 1.29 is 9.18 Å². The van der Waals surface area contributed by atoms with E-state index in [1.165, 1.54) is 28.8 Å². The zero-order valence-electron chi connectivity index (χ0n) is 14.9. The lowest BCUT2D eigenvalue weighted by molar-refractivity contribution is -0.122. The van der Waals surface area contributed by atoms with E-state index >= 15 is 0 Å². The highest BCUT2D eigenvalue weighted by atomic mass is 32.1. The number of carbonyl (C=O) groups excluding carboxylic acids is 1. The molecule has 7 nitrogen and oxygen atoms in total. The van der Waals surface area contributed by atoms with Crippen LogP contribution in [0.3, 0.4) is 0 Å². The van der Waals surface area contributed by atoms with E-state index in [4.69, 9.17) is 0 Å². The molecule has 0 spiro atoms. The lowest BCUT2D eigenvalue weighted by Crippen LogP contribution is -2.43. The Labute approximate surface area is 158 Å². The second-order valence-electron chi connectivity index (χ2n) is 6.31. The first kappa shape index (κ1) is 19.0. The summed E-state index contributed by atoms with van der Waals surface area (Å²) in [5.41, 5.74) is -0.0565. The van der Waals surface area contributed by atoms with Gasteiger partial charge >= 0.3 is 5.69 Å². The van der Waals surface area contributed by atoms with Crippen molar-refractivity contribution in [1.82, 2.24) is 18.8 Å². The Morgan fingerprint density at radius 2 is 1.96 bits per heavy atom. The van der Waals surface area contributed by atoms with Crippen LogP contribution in [0.25, 0.3) is 11.0 Å². The summed E-state index contributed by atoms with van der Waals surface area (Å²) in [6.45, 7) is 3.58. The maximum atomic E-state index is 13.1. The molecule has 1 unspecified atom stereocenters. The van der Waals surface area contributed by atoms with Crippen LogP contribution in [0.15, 0.2) is 39.2 Å². The van der Waals surface area contributed by atoms with Crippen LogP contribution in [0, 0.1) is 5.82 Å². The molecule has 142 valence electrons. The van der Waals surface area contributed by atoms with Gasteiger partial charge in [-0.1, -0.05) is 19.1 Å². The van der Waals surface area contributed by atoms with Crippen molar-refractivity contribution in [3.05, 3.63) is 61.9 Å². The number of fused-ring (bicyclic) bond motifs is 1. The fraction of sp³-hybridized carbons (Fsp3) is 0.333. The van der Waals surface area contributed by atoms with Gasteiger partial charge < -0.3 is 5.32 Å². The largest absolute Gasteiger partial charge is 0.352 e. The van der Waals surface area contributed by atoms with Crippen LogP contribution in [-0.4, -0.2) is 25.5 Å². The molecule has 1 N–H and O–H groups in total. The molecule has 1 aromatic carbocycles. The van der Waals surface area contributed by atoms with Crippen molar-refractivity contribution in [2.24, 2.45) is 0 Å². The number of carbonyl (C=O) groups is 1. The minimum atomic E-state index is -0.601. The molecule has 1 atom stereocenters. The third-order valence-electron chi connectivity index (χ3n) is 4.33. The molecule has 3 aromatic rings. The average Bonchev–Trinajstić information content (AvgIpc) is 3.13. The minimum absolute atomic E-state index is 0.0191. The number of benzene rings is 1. The van der Waals surface area contributed by atoms with E-state index in [1.807, 2.05) is 13.8 Å². The van der Waals surface area contributed by atoms with Crippen LogP contribution in [-0.2, 0) is 17.9 Å². The van der Waals surface area contributed by atoms with Crippen LogP contribution in [0.5, 0.6) is 0 Å². The standard InChI is InChI=1S/C18H19FN4O3S/c1-3-11(2)20-15(24)9-22-14-10-27-21-16(14)17(25)23(18(22)26)8-12-4-6-13(19)7-5-12/h4-7,10-11H,3,8-9H2,1-2H3,(H,20,24). The first-order valence-electron chi connectivity index (χ1n) is 8.52. The molecule has 0 fully saturated rings. The topological polar surface area (TPSA) is 86.0 Å². The molecule has 0 aliphatic rings. The number of aromatic nitrogens is 3. The summed E-state index contributed by atoms with van der Waals surface area (Å²) in [7, 11) is 0. The predicted octanol–water partition coefficient (Wildman–Crippen LogP) is 1.72. The molecule has 0 saturated carbocycles. The molecule has 3 rings (SSSR count). The maximum Gasteiger partial charge on any atom is 0.332 e. The van der Waals surface area contributed by atoms with Crippen LogP contribution in [0.1, 0.15) is 25.8 Å².